The number of para-hydroxylation sites is 1. The van der Waals surface area contributed by atoms with E-state index in [2.05, 4.69) is 60.1 Å². The predicted molar refractivity (Wildman–Crippen MR) is 185 cm³/mol. The number of urea groups is 1. The molecule has 0 aromatic heterocycles. The highest BCUT2D eigenvalue weighted by Gasteiger charge is 2.36. The first-order valence-corrected chi connectivity index (χ1v) is 18.1. The van der Waals surface area contributed by atoms with E-state index in [4.69, 9.17) is 4.74 Å². The molecule has 248 valence electrons. The Labute approximate surface area is 288 Å². The van der Waals surface area contributed by atoms with Gasteiger partial charge in [0.15, 0.2) is 6.10 Å². The van der Waals surface area contributed by atoms with Crippen LogP contribution in [0, 0.1) is 0 Å². The fourth-order valence-corrected chi connectivity index (χ4v) is 7.90. The van der Waals surface area contributed by atoms with Crippen LogP contribution in [0.3, 0.4) is 0 Å². The van der Waals surface area contributed by atoms with Crippen LogP contribution in [0.2, 0.25) is 0 Å². The number of carbonyl (C=O) groups is 3. The summed E-state index contributed by atoms with van der Waals surface area (Å²) in [6.45, 7) is 6.76. The number of halogens is 2. The van der Waals surface area contributed by atoms with E-state index in [9.17, 15) is 14.4 Å². The van der Waals surface area contributed by atoms with Gasteiger partial charge in [-0.15, -0.1) is 0 Å². The van der Waals surface area contributed by atoms with E-state index in [1.165, 1.54) is 0 Å². The average molecular weight is 761 g/mol. The van der Waals surface area contributed by atoms with E-state index in [-0.39, 0.29) is 18.0 Å². The first-order chi connectivity index (χ1) is 22.2. The number of anilines is 1. The highest BCUT2D eigenvalue weighted by atomic mass is 79.9. The van der Waals surface area contributed by atoms with Crippen LogP contribution in [0.1, 0.15) is 36.8 Å². The lowest BCUT2D eigenvalue weighted by atomic mass is 10.0. The third kappa shape index (κ3) is 7.89. The molecule has 3 fully saturated rings. The van der Waals surface area contributed by atoms with Crippen molar-refractivity contribution < 1.29 is 19.1 Å². The molecule has 6 rings (SSSR count). The third-order valence-electron chi connectivity index (χ3n) is 10.1. The molecule has 0 bridgehead atoms. The van der Waals surface area contributed by atoms with Crippen LogP contribution in [0.5, 0.6) is 0 Å². The topological polar surface area (TPSA) is 88.7 Å². The van der Waals surface area contributed by atoms with Crippen LogP contribution >= 0.6 is 31.9 Å². The summed E-state index contributed by atoms with van der Waals surface area (Å²) in [7, 11) is 2.17. The van der Waals surface area contributed by atoms with Gasteiger partial charge in [0.1, 0.15) is 0 Å². The Kier molecular flexibility index (Phi) is 10.9. The summed E-state index contributed by atoms with van der Waals surface area (Å²) < 4.78 is 7.86. The molecule has 4 amide bonds. The molecule has 46 heavy (non-hydrogen) atoms. The van der Waals surface area contributed by atoms with Gasteiger partial charge in [0, 0.05) is 79.0 Å². The van der Waals surface area contributed by atoms with Gasteiger partial charge in [0.25, 0.3) is 5.91 Å². The number of hydrogen-bond acceptors (Lipinski definition) is 6. The van der Waals surface area contributed by atoms with Crippen molar-refractivity contribution in [3.63, 3.8) is 0 Å². The van der Waals surface area contributed by atoms with Crippen molar-refractivity contribution in [3.8, 4) is 0 Å². The summed E-state index contributed by atoms with van der Waals surface area (Å²) in [4.78, 5) is 50.9. The number of ether oxygens (including phenoxy) is 1. The lowest BCUT2D eigenvalue weighted by Crippen LogP contribution is -2.56. The van der Waals surface area contributed by atoms with E-state index in [0.29, 0.717) is 58.0 Å². The van der Waals surface area contributed by atoms with Crippen LogP contribution in [0.4, 0.5) is 15.3 Å². The Morgan fingerprint density at radius 1 is 0.848 bits per heavy atom. The summed E-state index contributed by atoms with van der Waals surface area (Å²) in [6, 6.07) is 14.3. The molecule has 3 saturated heterocycles. The number of fused-ring (bicyclic) bond motifs is 1. The van der Waals surface area contributed by atoms with Gasteiger partial charge in [-0.1, -0.05) is 24.3 Å². The smallest absolute Gasteiger partial charge is 0.410 e. The Balaban J connectivity index is 1.07. The predicted octanol–water partition coefficient (Wildman–Crippen LogP) is 5.05. The molecular weight excluding hydrogens is 716 g/mol. The van der Waals surface area contributed by atoms with Gasteiger partial charge in [-0.05, 0) is 113 Å². The molecule has 4 aliphatic rings. The molecular formula is C34H44Br2N6O4. The Hall–Kier alpha value is -2.67. The number of hydrogen-bond donors (Lipinski definition) is 1. The normalized spacial score (nSPS) is 21.4. The number of amides is 4. The number of likely N-dealkylation sites (tertiary alicyclic amines) is 2. The van der Waals surface area contributed by atoms with E-state index >= 15 is 0 Å². The van der Waals surface area contributed by atoms with E-state index < -0.39 is 12.2 Å². The number of nitrogens with one attached hydrogen (secondary N) is 1. The fourth-order valence-electron chi connectivity index (χ4n) is 7.23. The van der Waals surface area contributed by atoms with Gasteiger partial charge in [0.2, 0.25) is 0 Å². The lowest BCUT2D eigenvalue weighted by molar-refractivity contribution is -0.143. The minimum absolute atomic E-state index is 0.0387. The maximum Gasteiger partial charge on any atom is 0.410 e. The van der Waals surface area contributed by atoms with Gasteiger partial charge in [-0.3, -0.25) is 9.69 Å². The Bertz CT molecular complexity index is 1400. The highest BCUT2D eigenvalue weighted by molar-refractivity contribution is 9.13. The van der Waals surface area contributed by atoms with E-state index in [1.54, 1.807) is 4.90 Å². The van der Waals surface area contributed by atoms with Crippen LogP contribution in [-0.4, -0.2) is 127 Å². The SMILES string of the molecule is CN1CCC(N2CCN(C(=O)[C@@H](Cc3ccc(Br)c(Br)c3)OC(=O)N3CCC(N4CCc5ccccc5NC4=O)CC3)CC2)CC1. The maximum atomic E-state index is 14.0. The molecule has 1 atom stereocenters. The van der Waals surface area contributed by atoms with E-state index in [0.717, 1.165) is 71.2 Å². The summed E-state index contributed by atoms with van der Waals surface area (Å²) in [6.07, 6.45) is 3.36. The molecule has 10 nitrogen and oxygen atoms in total. The number of piperazine rings is 1. The zero-order chi connectivity index (χ0) is 32.2. The molecule has 4 heterocycles. The zero-order valence-corrected chi connectivity index (χ0v) is 29.7. The summed E-state index contributed by atoms with van der Waals surface area (Å²) in [5.41, 5.74) is 2.92. The molecule has 2 aromatic carbocycles. The minimum atomic E-state index is -0.914. The molecule has 0 unspecified atom stereocenters. The minimum Gasteiger partial charge on any atom is -0.436 e. The second-order valence-electron chi connectivity index (χ2n) is 13.0. The van der Waals surface area contributed by atoms with Crippen LogP contribution in [0.15, 0.2) is 51.4 Å². The van der Waals surface area contributed by atoms with Crippen molar-refractivity contribution in [1.82, 2.24) is 24.5 Å². The van der Waals surface area contributed by atoms with Gasteiger partial charge < -0.3 is 29.7 Å². The monoisotopic (exact) mass is 758 g/mol. The second-order valence-corrected chi connectivity index (χ2v) is 14.7. The van der Waals surface area contributed by atoms with Gasteiger partial charge in [-0.25, -0.2) is 9.59 Å². The standard InChI is InChI=1S/C34H44Br2N6O4/c1-38-13-9-26(10-14-38)39-18-20-40(21-19-39)32(43)31(23-24-6-7-28(35)29(36)22-24)46-34(45)41-15-11-27(12-16-41)42-17-8-25-4-2-3-5-30(25)37-33(42)44/h2-7,22,26-27,31H,8-21,23H2,1H3,(H,37,44)/t31-/m1/s1. The van der Waals surface area contributed by atoms with Crippen LogP contribution in [0.25, 0.3) is 0 Å². The fraction of sp³-hybridized carbons (Fsp3) is 0.559. The van der Waals surface area contributed by atoms with Gasteiger partial charge in [0.05, 0.1) is 0 Å². The molecule has 0 saturated carbocycles. The quantitative estimate of drug-likeness (QED) is 0.444. The highest BCUT2D eigenvalue weighted by Crippen LogP contribution is 2.27. The number of benzene rings is 2. The molecule has 12 heteroatoms. The first-order valence-electron chi connectivity index (χ1n) is 16.5. The van der Waals surface area contributed by atoms with E-state index in [1.807, 2.05) is 46.2 Å². The zero-order valence-electron chi connectivity index (χ0n) is 26.5. The molecule has 0 radical (unpaired) electrons. The first kappa shape index (κ1) is 33.2. The lowest BCUT2D eigenvalue weighted by Gasteiger charge is -2.42. The number of rotatable bonds is 6. The van der Waals surface area contributed by atoms with Gasteiger partial charge >= 0.3 is 12.1 Å². The summed E-state index contributed by atoms with van der Waals surface area (Å²) in [5, 5.41) is 3.06. The number of carbonyl (C=O) groups excluding carboxylic acids is 3. The van der Waals surface area contributed by atoms with Crippen molar-refractivity contribution in [2.75, 3.05) is 71.3 Å². The van der Waals surface area contributed by atoms with Gasteiger partial charge in [-0.2, -0.15) is 0 Å². The van der Waals surface area contributed by atoms with Crippen molar-refractivity contribution in [2.24, 2.45) is 0 Å². The summed E-state index contributed by atoms with van der Waals surface area (Å²) in [5.74, 6) is -0.133. The molecule has 1 N–H and O–H groups in total. The number of nitrogens with zero attached hydrogens (tertiary/aromatic N) is 5. The number of piperidine rings is 2. The van der Waals surface area contributed by atoms with Crippen LogP contribution in [-0.2, 0) is 22.4 Å². The Morgan fingerprint density at radius 3 is 2.26 bits per heavy atom. The third-order valence-corrected chi connectivity index (χ3v) is 11.9. The van der Waals surface area contributed by atoms with Crippen molar-refractivity contribution in [3.05, 3.63) is 62.5 Å². The van der Waals surface area contributed by atoms with Crippen molar-refractivity contribution in [1.29, 1.82) is 0 Å². The van der Waals surface area contributed by atoms with Crippen LogP contribution < -0.4 is 5.32 Å². The van der Waals surface area contributed by atoms with Crippen molar-refractivity contribution in [2.45, 2.75) is 56.7 Å². The summed E-state index contributed by atoms with van der Waals surface area (Å²) >= 11 is 7.09. The average Bonchev–Trinajstić information content (AvgIpc) is 3.24. The van der Waals surface area contributed by atoms with Crippen molar-refractivity contribution >= 4 is 55.6 Å². The molecule has 0 aliphatic carbocycles. The Morgan fingerprint density at radius 2 is 1.54 bits per heavy atom. The maximum absolute atomic E-state index is 14.0. The molecule has 0 spiro atoms. The molecule has 4 aliphatic heterocycles. The molecule has 2 aromatic rings. The largest absolute Gasteiger partial charge is 0.436 e. The second kappa shape index (κ2) is 15.0.